The summed E-state index contributed by atoms with van der Waals surface area (Å²) in [7, 11) is 0. The van der Waals surface area contributed by atoms with E-state index in [-0.39, 0.29) is 6.61 Å². The number of aliphatic carboxylic acids is 1. The quantitative estimate of drug-likeness (QED) is 0.485. The zero-order chi connectivity index (χ0) is 6.99. The Morgan fingerprint density at radius 3 is 2.00 bits per heavy atom. The molecule has 0 aromatic rings. The van der Waals surface area contributed by atoms with Gasteiger partial charge in [-0.1, -0.05) is 6.58 Å². The van der Waals surface area contributed by atoms with Gasteiger partial charge in [-0.25, -0.2) is 4.79 Å². The number of carboxylic acid groups (broad SMARTS) is 1. The lowest BCUT2D eigenvalue weighted by molar-refractivity contribution is -0.131. The summed E-state index contributed by atoms with van der Waals surface area (Å²) in [5.41, 5.74) is 0. The van der Waals surface area contributed by atoms with Crippen LogP contribution in [0.5, 0.6) is 0 Å². The van der Waals surface area contributed by atoms with Crippen molar-refractivity contribution in [3.63, 3.8) is 0 Å². The molecule has 0 bridgehead atoms. The summed E-state index contributed by atoms with van der Waals surface area (Å²) in [6.07, 6.45) is 0.833. The van der Waals surface area contributed by atoms with E-state index in [2.05, 4.69) is 6.58 Å². The molecule has 0 radical (unpaired) electrons. The van der Waals surface area contributed by atoms with Crippen LogP contribution in [0.25, 0.3) is 0 Å². The van der Waals surface area contributed by atoms with Gasteiger partial charge in [-0.15, -0.1) is 0 Å². The molecule has 0 aliphatic carbocycles. The first-order valence-corrected chi connectivity index (χ1v) is 2.15. The fourth-order valence-corrected chi connectivity index (χ4v) is 0. The molecule has 0 saturated carbocycles. The van der Waals surface area contributed by atoms with E-state index in [1.54, 1.807) is 6.92 Å². The third kappa shape index (κ3) is 65.7. The van der Waals surface area contributed by atoms with Crippen LogP contribution in [0, 0.1) is 0 Å². The van der Waals surface area contributed by atoms with Gasteiger partial charge in [0.1, 0.15) is 0 Å². The summed E-state index contributed by atoms with van der Waals surface area (Å²) in [5.74, 6) is -0.981. The largest absolute Gasteiger partial charge is 0.478 e. The molecule has 0 aromatic heterocycles. The average molecular weight is 118 g/mol. The highest BCUT2D eigenvalue weighted by Gasteiger charge is 1.73. The second-order valence-electron chi connectivity index (χ2n) is 0.859. The Hall–Kier alpha value is -0.830. The molecule has 0 fully saturated rings. The van der Waals surface area contributed by atoms with Crippen molar-refractivity contribution >= 4 is 5.97 Å². The first kappa shape index (κ1) is 10.2. The van der Waals surface area contributed by atoms with Gasteiger partial charge in [0.2, 0.25) is 0 Å². The highest BCUT2D eigenvalue weighted by Crippen LogP contribution is 1.54. The van der Waals surface area contributed by atoms with Crippen LogP contribution in [-0.4, -0.2) is 22.8 Å². The molecule has 48 valence electrons. The molecule has 8 heavy (non-hydrogen) atoms. The molecular formula is C5H10O3. The number of hydrogen-bond acceptors (Lipinski definition) is 2. The number of carboxylic acids is 1. The van der Waals surface area contributed by atoms with E-state index in [9.17, 15) is 4.79 Å². The zero-order valence-corrected chi connectivity index (χ0v) is 4.79. The van der Waals surface area contributed by atoms with Crippen LogP contribution in [0.1, 0.15) is 6.92 Å². The minimum Gasteiger partial charge on any atom is -0.478 e. The number of aliphatic hydroxyl groups excluding tert-OH is 1. The van der Waals surface area contributed by atoms with Crippen LogP contribution in [0.15, 0.2) is 12.7 Å². The third-order valence-electron chi connectivity index (χ3n) is 0.175. The maximum absolute atomic E-state index is 9.25. The number of aliphatic hydroxyl groups is 1. The average Bonchev–Trinajstić information content (AvgIpc) is 1.69. The summed E-state index contributed by atoms with van der Waals surface area (Å²) < 4.78 is 0. The Kier molecular flexibility index (Phi) is 12.1. The van der Waals surface area contributed by atoms with E-state index in [0.29, 0.717) is 0 Å². The molecule has 0 unspecified atom stereocenters. The Balaban J connectivity index is 0. The van der Waals surface area contributed by atoms with Gasteiger partial charge >= 0.3 is 5.97 Å². The summed E-state index contributed by atoms with van der Waals surface area (Å²) in [4.78, 5) is 9.25. The van der Waals surface area contributed by atoms with Gasteiger partial charge in [-0.2, -0.15) is 0 Å². The molecule has 0 aromatic carbocycles. The normalized spacial score (nSPS) is 6.25. The van der Waals surface area contributed by atoms with E-state index in [1.165, 1.54) is 0 Å². The second kappa shape index (κ2) is 9.48. The van der Waals surface area contributed by atoms with E-state index >= 15 is 0 Å². The third-order valence-corrected chi connectivity index (χ3v) is 0.175. The molecule has 0 rings (SSSR count). The lowest BCUT2D eigenvalue weighted by Crippen LogP contribution is -1.82. The smallest absolute Gasteiger partial charge is 0.327 e. The molecule has 0 atom stereocenters. The highest BCUT2D eigenvalue weighted by molar-refractivity contribution is 5.78. The summed E-state index contributed by atoms with van der Waals surface area (Å²) >= 11 is 0. The van der Waals surface area contributed by atoms with Crippen LogP contribution in [-0.2, 0) is 4.79 Å². The minimum atomic E-state index is -0.981. The molecule has 0 spiro atoms. The first-order valence-electron chi connectivity index (χ1n) is 2.15. The monoisotopic (exact) mass is 118 g/mol. The van der Waals surface area contributed by atoms with Crippen molar-refractivity contribution < 1.29 is 15.0 Å². The molecule has 2 N–H and O–H groups in total. The molecule has 0 aliphatic rings. The van der Waals surface area contributed by atoms with Crippen molar-refractivity contribution in [1.82, 2.24) is 0 Å². The van der Waals surface area contributed by atoms with Gasteiger partial charge in [0.15, 0.2) is 0 Å². The topological polar surface area (TPSA) is 57.5 Å². The molecule has 0 heterocycles. The standard InChI is InChI=1S/C3H4O2.C2H6O/c1-2-3(4)5;1-2-3/h2H,1H2,(H,4,5);3H,2H2,1H3. The van der Waals surface area contributed by atoms with Gasteiger partial charge in [-0.05, 0) is 6.92 Å². The van der Waals surface area contributed by atoms with Crippen molar-refractivity contribution in [3.8, 4) is 0 Å². The molecule has 0 amide bonds. The van der Waals surface area contributed by atoms with E-state index in [4.69, 9.17) is 10.2 Å². The van der Waals surface area contributed by atoms with Gasteiger partial charge in [-0.3, -0.25) is 0 Å². The Labute approximate surface area is 48.3 Å². The van der Waals surface area contributed by atoms with Gasteiger partial charge < -0.3 is 10.2 Å². The predicted molar refractivity (Wildman–Crippen MR) is 30.6 cm³/mol. The van der Waals surface area contributed by atoms with Gasteiger partial charge in [0.25, 0.3) is 0 Å². The molecular weight excluding hydrogens is 108 g/mol. The number of hydrogen-bond donors (Lipinski definition) is 2. The van der Waals surface area contributed by atoms with E-state index in [1.807, 2.05) is 0 Å². The van der Waals surface area contributed by atoms with Crippen molar-refractivity contribution in [2.75, 3.05) is 6.61 Å². The van der Waals surface area contributed by atoms with Crippen molar-refractivity contribution in [3.05, 3.63) is 12.7 Å². The first-order chi connectivity index (χ1) is 3.68. The molecule has 3 heteroatoms. The van der Waals surface area contributed by atoms with E-state index in [0.717, 1.165) is 6.08 Å². The Morgan fingerprint density at radius 1 is 1.88 bits per heavy atom. The van der Waals surface area contributed by atoms with Crippen LogP contribution in [0.4, 0.5) is 0 Å². The van der Waals surface area contributed by atoms with Crippen molar-refractivity contribution in [2.45, 2.75) is 6.92 Å². The second-order valence-corrected chi connectivity index (χ2v) is 0.859. The van der Waals surface area contributed by atoms with Gasteiger partial charge in [0, 0.05) is 12.7 Å². The number of rotatable bonds is 1. The molecule has 3 nitrogen and oxygen atoms in total. The molecule has 0 saturated heterocycles. The fourth-order valence-electron chi connectivity index (χ4n) is 0. The minimum absolute atomic E-state index is 0.250. The highest BCUT2D eigenvalue weighted by atomic mass is 16.4. The lowest BCUT2D eigenvalue weighted by atomic mass is 10.7. The lowest BCUT2D eigenvalue weighted by Gasteiger charge is -1.64. The Morgan fingerprint density at radius 2 is 2.00 bits per heavy atom. The van der Waals surface area contributed by atoms with Gasteiger partial charge in [0.05, 0.1) is 0 Å². The summed E-state index contributed by atoms with van der Waals surface area (Å²) in [6.45, 7) is 4.89. The predicted octanol–water partition coefficient (Wildman–Crippen LogP) is 0.256. The van der Waals surface area contributed by atoms with Crippen LogP contribution < -0.4 is 0 Å². The Bertz CT molecular complexity index is 68.1. The SMILES string of the molecule is C=CC(=O)O.CCO. The maximum Gasteiger partial charge on any atom is 0.327 e. The van der Waals surface area contributed by atoms with Crippen LogP contribution in [0.2, 0.25) is 0 Å². The molecule has 0 aliphatic heterocycles. The summed E-state index contributed by atoms with van der Waals surface area (Å²) in [5, 5.41) is 15.2. The fraction of sp³-hybridized carbons (Fsp3) is 0.400. The van der Waals surface area contributed by atoms with Crippen LogP contribution in [0.3, 0.4) is 0 Å². The maximum atomic E-state index is 9.25. The summed E-state index contributed by atoms with van der Waals surface area (Å²) in [6, 6.07) is 0. The number of carbonyl (C=O) groups is 1. The van der Waals surface area contributed by atoms with Crippen molar-refractivity contribution in [2.24, 2.45) is 0 Å². The van der Waals surface area contributed by atoms with E-state index < -0.39 is 5.97 Å². The zero-order valence-electron chi connectivity index (χ0n) is 4.79. The van der Waals surface area contributed by atoms with Crippen molar-refractivity contribution in [1.29, 1.82) is 0 Å². The van der Waals surface area contributed by atoms with Crippen LogP contribution >= 0.6 is 0 Å².